The smallest absolute Gasteiger partial charge is 0.161 e. The summed E-state index contributed by atoms with van der Waals surface area (Å²) in [6.07, 6.45) is 0. The van der Waals surface area contributed by atoms with Gasteiger partial charge in [-0.15, -0.1) is 11.6 Å². The van der Waals surface area contributed by atoms with Crippen molar-refractivity contribution < 1.29 is 17.6 Å². The lowest BCUT2D eigenvalue weighted by Gasteiger charge is -2.14. The molecule has 1 aliphatic carbocycles. The van der Waals surface area contributed by atoms with Gasteiger partial charge in [0.15, 0.2) is 11.6 Å². The number of benzene rings is 3. The van der Waals surface area contributed by atoms with Crippen molar-refractivity contribution >= 4 is 28.7 Å². The van der Waals surface area contributed by atoms with Crippen LogP contribution in [0.4, 0.5) is 28.9 Å². The van der Waals surface area contributed by atoms with Gasteiger partial charge in [-0.1, -0.05) is 31.4 Å². The fourth-order valence-corrected chi connectivity index (χ4v) is 4.80. The maximum absolute atomic E-state index is 14.0. The molecule has 1 saturated carbocycles. The lowest BCUT2D eigenvalue weighted by atomic mass is 10.0. The fraction of sp³-hybridized carbons (Fsp3) is 0.185. The monoisotopic (exact) mass is 486 g/mol. The lowest BCUT2D eigenvalue weighted by Crippen LogP contribution is -2.06. The van der Waals surface area contributed by atoms with Gasteiger partial charge in [0.1, 0.15) is 11.6 Å². The Hall–Kier alpha value is -3.25. The van der Waals surface area contributed by atoms with Gasteiger partial charge in [0.2, 0.25) is 0 Å². The van der Waals surface area contributed by atoms with Gasteiger partial charge in [0.05, 0.1) is 10.6 Å². The Morgan fingerprint density at radius 3 is 2.35 bits per heavy atom. The van der Waals surface area contributed by atoms with E-state index in [1.54, 1.807) is 24.3 Å². The summed E-state index contributed by atoms with van der Waals surface area (Å²) in [5, 5.41) is 6.09. The molecule has 0 aromatic heterocycles. The summed E-state index contributed by atoms with van der Waals surface area (Å²) in [4.78, 5) is -0.705. The van der Waals surface area contributed by atoms with Gasteiger partial charge in [0.25, 0.3) is 0 Å². The zero-order valence-corrected chi connectivity index (χ0v) is 19.4. The maximum atomic E-state index is 14.0. The summed E-state index contributed by atoms with van der Waals surface area (Å²) in [6, 6.07) is 13.3. The quantitative estimate of drug-likeness (QED) is 0.261. The molecule has 0 radical (unpaired) electrons. The lowest BCUT2D eigenvalue weighted by molar-refractivity contribution is 0.501. The minimum atomic E-state index is -0.900. The van der Waals surface area contributed by atoms with Crippen molar-refractivity contribution in [3.05, 3.63) is 113 Å². The number of halogens is 5. The second kappa shape index (κ2) is 8.84. The highest BCUT2D eigenvalue weighted by Gasteiger charge is 2.62. The van der Waals surface area contributed by atoms with Crippen molar-refractivity contribution in [2.75, 3.05) is 10.6 Å². The van der Waals surface area contributed by atoms with E-state index in [-0.39, 0.29) is 23.1 Å². The van der Waals surface area contributed by atoms with Crippen molar-refractivity contribution in [2.24, 2.45) is 5.92 Å². The van der Waals surface area contributed by atoms with Crippen molar-refractivity contribution in [2.45, 2.75) is 24.6 Å². The van der Waals surface area contributed by atoms with Gasteiger partial charge >= 0.3 is 0 Å². The van der Waals surface area contributed by atoms with Gasteiger partial charge in [0, 0.05) is 35.0 Å². The molecule has 0 bridgehead atoms. The minimum Gasteiger partial charge on any atom is -0.359 e. The molecule has 3 aromatic carbocycles. The number of nitrogens with one attached hydrogen (secondary N) is 2. The Morgan fingerprint density at radius 1 is 0.941 bits per heavy atom. The Labute approximate surface area is 201 Å². The zero-order chi connectivity index (χ0) is 24.8. The molecule has 1 aliphatic rings. The maximum Gasteiger partial charge on any atom is 0.161 e. The van der Waals surface area contributed by atoms with E-state index in [4.69, 9.17) is 11.6 Å². The third-order valence-electron chi connectivity index (χ3n) is 6.14. The number of anilines is 2. The molecular weight excluding hydrogens is 464 g/mol. The first-order chi connectivity index (χ1) is 16.0. The molecule has 2 N–H and O–H groups in total. The predicted molar refractivity (Wildman–Crippen MR) is 130 cm³/mol. The second-order valence-electron chi connectivity index (χ2n) is 8.70. The molecule has 34 heavy (non-hydrogen) atoms. The highest BCUT2D eigenvalue weighted by molar-refractivity contribution is 6.27. The number of hydrogen-bond acceptors (Lipinski definition) is 2. The van der Waals surface area contributed by atoms with Gasteiger partial charge in [-0.05, 0) is 60.9 Å². The predicted octanol–water partition coefficient (Wildman–Crippen LogP) is 7.97. The van der Waals surface area contributed by atoms with E-state index in [1.165, 1.54) is 19.1 Å². The van der Waals surface area contributed by atoms with Crippen LogP contribution >= 0.6 is 11.6 Å². The molecule has 7 heteroatoms. The SMILES string of the molecule is C=C(Nc1ccc(F)cc1F)c1cccc(NC(=C)C2C(c3cc(C)c(F)c(F)c3)C2(C)Cl)c1. The van der Waals surface area contributed by atoms with Crippen LogP contribution in [-0.2, 0) is 0 Å². The Kier molecular flexibility index (Phi) is 6.21. The van der Waals surface area contributed by atoms with E-state index < -0.39 is 28.1 Å². The van der Waals surface area contributed by atoms with Crippen molar-refractivity contribution in [1.82, 2.24) is 0 Å². The second-order valence-corrected chi connectivity index (χ2v) is 9.51. The topological polar surface area (TPSA) is 24.1 Å². The molecule has 0 aliphatic heterocycles. The summed E-state index contributed by atoms with van der Waals surface area (Å²) >= 11 is 6.71. The largest absolute Gasteiger partial charge is 0.359 e. The van der Waals surface area contributed by atoms with Gasteiger partial charge < -0.3 is 10.6 Å². The molecule has 3 aromatic rings. The molecule has 0 heterocycles. The average Bonchev–Trinajstić information content (AvgIpc) is 3.35. The normalized spacial score (nSPS) is 21.1. The number of aryl methyl sites for hydroxylation is 1. The number of hydrogen-bond donors (Lipinski definition) is 2. The summed E-state index contributed by atoms with van der Waals surface area (Å²) in [5.41, 5.74) is 3.38. The molecule has 3 atom stereocenters. The van der Waals surface area contributed by atoms with E-state index in [2.05, 4.69) is 23.8 Å². The highest BCUT2D eigenvalue weighted by atomic mass is 35.5. The fourth-order valence-electron chi connectivity index (χ4n) is 4.35. The Morgan fingerprint density at radius 2 is 1.68 bits per heavy atom. The van der Waals surface area contributed by atoms with E-state index in [9.17, 15) is 17.6 Å². The third-order valence-corrected chi connectivity index (χ3v) is 6.61. The zero-order valence-electron chi connectivity index (χ0n) is 18.7. The first-order valence-corrected chi connectivity index (χ1v) is 11.0. The molecule has 4 rings (SSSR count). The first-order valence-electron chi connectivity index (χ1n) is 10.6. The van der Waals surface area contributed by atoms with Crippen molar-refractivity contribution in [3.8, 4) is 0 Å². The van der Waals surface area contributed by atoms with E-state index >= 15 is 0 Å². The molecule has 0 amide bonds. The highest BCUT2D eigenvalue weighted by Crippen LogP contribution is 2.64. The van der Waals surface area contributed by atoms with Crippen LogP contribution in [0, 0.1) is 36.1 Å². The van der Waals surface area contributed by atoms with Crippen LogP contribution in [-0.4, -0.2) is 4.87 Å². The van der Waals surface area contributed by atoms with E-state index in [0.717, 1.165) is 12.1 Å². The number of allylic oxidation sites excluding steroid dienone is 1. The van der Waals surface area contributed by atoms with E-state index in [0.29, 0.717) is 28.2 Å². The standard InChI is InChI=1S/C27H23ClF4N2/c1-14-10-18(12-22(31)26(14)32)25-24(27(25,4)28)16(3)33-20-7-5-6-17(11-20)15(2)34-23-9-8-19(29)13-21(23)30/h5-13,24-25,33-34H,2-3H2,1,4H3. The summed E-state index contributed by atoms with van der Waals surface area (Å²) < 4.78 is 54.8. The van der Waals surface area contributed by atoms with Crippen LogP contribution in [0.1, 0.15) is 29.5 Å². The Bertz CT molecular complexity index is 1280. The summed E-state index contributed by atoms with van der Waals surface area (Å²) in [5.74, 6) is -3.59. The molecular formula is C27H23ClF4N2. The average molecular weight is 487 g/mol. The number of alkyl halides is 1. The molecule has 176 valence electrons. The van der Waals surface area contributed by atoms with E-state index in [1.807, 2.05) is 13.0 Å². The molecule has 1 fully saturated rings. The van der Waals surface area contributed by atoms with Crippen LogP contribution in [0.3, 0.4) is 0 Å². The Balaban J connectivity index is 1.48. The van der Waals surface area contributed by atoms with Crippen LogP contribution < -0.4 is 10.6 Å². The molecule has 0 saturated heterocycles. The van der Waals surface area contributed by atoms with Crippen LogP contribution in [0.5, 0.6) is 0 Å². The molecule has 0 spiro atoms. The number of rotatable bonds is 7. The van der Waals surface area contributed by atoms with Crippen LogP contribution in [0.2, 0.25) is 0 Å². The minimum absolute atomic E-state index is 0.106. The summed E-state index contributed by atoms with van der Waals surface area (Å²) in [6.45, 7) is 11.4. The molecule has 2 nitrogen and oxygen atoms in total. The van der Waals surface area contributed by atoms with Gasteiger partial charge in [-0.3, -0.25) is 0 Å². The van der Waals surface area contributed by atoms with Crippen molar-refractivity contribution in [1.29, 1.82) is 0 Å². The molecule has 3 unspecified atom stereocenters. The van der Waals surface area contributed by atoms with Crippen LogP contribution in [0.25, 0.3) is 5.70 Å². The van der Waals surface area contributed by atoms with Gasteiger partial charge in [-0.2, -0.15) is 0 Å². The van der Waals surface area contributed by atoms with Gasteiger partial charge in [-0.25, -0.2) is 17.6 Å². The van der Waals surface area contributed by atoms with Crippen molar-refractivity contribution in [3.63, 3.8) is 0 Å². The third kappa shape index (κ3) is 4.55. The summed E-state index contributed by atoms with van der Waals surface area (Å²) in [7, 11) is 0. The first kappa shape index (κ1) is 23.9. The van der Waals surface area contributed by atoms with Crippen LogP contribution in [0.15, 0.2) is 73.5 Å².